The summed E-state index contributed by atoms with van der Waals surface area (Å²) in [6.45, 7) is 0. The van der Waals surface area contributed by atoms with E-state index in [1.807, 2.05) is 24.4 Å². The molecule has 1 fully saturated rings. The summed E-state index contributed by atoms with van der Waals surface area (Å²) in [5.74, 6) is 0.918. The first kappa shape index (κ1) is 11.5. The third-order valence-corrected chi connectivity index (χ3v) is 3.60. The van der Waals surface area contributed by atoms with E-state index in [9.17, 15) is 0 Å². The molecule has 0 atom stereocenters. The second-order valence-electron chi connectivity index (χ2n) is 5.01. The van der Waals surface area contributed by atoms with E-state index in [1.165, 1.54) is 0 Å². The number of ether oxygens (including phenoxy) is 1. The van der Waals surface area contributed by atoms with Crippen LogP contribution in [-0.4, -0.2) is 17.1 Å². The van der Waals surface area contributed by atoms with Crippen molar-refractivity contribution in [3.8, 4) is 5.75 Å². The normalized spacial score (nSPS) is 24.1. The van der Waals surface area contributed by atoms with Crippen LogP contribution in [0.3, 0.4) is 0 Å². The molecule has 2 N–H and O–H groups in total. The number of pyridine rings is 1. The number of hydrogen-bond donors (Lipinski definition) is 1. The first-order valence-corrected chi connectivity index (χ1v) is 6.58. The molecule has 3 rings (SSSR count). The Morgan fingerprint density at radius 3 is 2.78 bits per heavy atom. The SMILES string of the molecule is NC1CCC(Oc2ccc3cccnc3c2)CC1. The van der Waals surface area contributed by atoms with Crippen molar-refractivity contribution in [1.29, 1.82) is 0 Å². The molecule has 0 spiro atoms. The van der Waals surface area contributed by atoms with Gasteiger partial charge in [-0.3, -0.25) is 4.98 Å². The summed E-state index contributed by atoms with van der Waals surface area (Å²) < 4.78 is 6.02. The number of rotatable bonds is 2. The number of aromatic nitrogens is 1. The van der Waals surface area contributed by atoms with Crippen LogP contribution in [0.5, 0.6) is 5.75 Å². The molecule has 3 nitrogen and oxygen atoms in total. The highest BCUT2D eigenvalue weighted by Crippen LogP contribution is 2.25. The van der Waals surface area contributed by atoms with Crippen LogP contribution in [0.2, 0.25) is 0 Å². The van der Waals surface area contributed by atoms with Crippen LogP contribution in [0.15, 0.2) is 36.5 Å². The van der Waals surface area contributed by atoms with Crippen LogP contribution in [0, 0.1) is 0 Å². The lowest BCUT2D eigenvalue weighted by atomic mass is 9.94. The average molecular weight is 242 g/mol. The fourth-order valence-electron chi connectivity index (χ4n) is 2.52. The van der Waals surface area contributed by atoms with Gasteiger partial charge in [0.2, 0.25) is 0 Å². The molecule has 0 saturated heterocycles. The van der Waals surface area contributed by atoms with Gasteiger partial charge in [0.25, 0.3) is 0 Å². The van der Waals surface area contributed by atoms with Gasteiger partial charge < -0.3 is 10.5 Å². The number of nitrogens with zero attached hydrogens (tertiary/aromatic N) is 1. The Morgan fingerprint density at radius 1 is 1.11 bits per heavy atom. The van der Waals surface area contributed by atoms with Crippen molar-refractivity contribution in [2.24, 2.45) is 5.73 Å². The van der Waals surface area contributed by atoms with Gasteiger partial charge in [-0.05, 0) is 43.9 Å². The molecule has 0 unspecified atom stereocenters. The van der Waals surface area contributed by atoms with E-state index >= 15 is 0 Å². The van der Waals surface area contributed by atoms with E-state index in [-0.39, 0.29) is 0 Å². The first-order chi connectivity index (χ1) is 8.81. The highest BCUT2D eigenvalue weighted by Gasteiger charge is 2.19. The van der Waals surface area contributed by atoms with Gasteiger partial charge in [0.05, 0.1) is 11.6 Å². The molecule has 0 amide bonds. The summed E-state index contributed by atoms with van der Waals surface area (Å²) in [4.78, 5) is 4.35. The van der Waals surface area contributed by atoms with E-state index < -0.39 is 0 Å². The largest absolute Gasteiger partial charge is 0.490 e. The predicted octanol–water partition coefficient (Wildman–Crippen LogP) is 2.88. The van der Waals surface area contributed by atoms with Crippen LogP contribution in [-0.2, 0) is 0 Å². The van der Waals surface area contributed by atoms with Crippen LogP contribution < -0.4 is 10.5 Å². The molecule has 0 radical (unpaired) electrons. The maximum atomic E-state index is 6.02. The fourth-order valence-corrected chi connectivity index (χ4v) is 2.52. The third-order valence-electron chi connectivity index (χ3n) is 3.60. The quantitative estimate of drug-likeness (QED) is 0.880. The third kappa shape index (κ3) is 2.46. The highest BCUT2D eigenvalue weighted by atomic mass is 16.5. The summed E-state index contributed by atoms with van der Waals surface area (Å²) >= 11 is 0. The van der Waals surface area contributed by atoms with Gasteiger partial charge in [-0.2, -0.15) is 0 Å². The Labute approximate surface area is 107 Å². The van der Waals surface area contributed by atoms with Crippen LogP contribution >= 0.6 is 0 Å². The van der Waals surface area contributed by atoms with Crippen molar-refractivity contribution >= 4 is 10.9 Å². The molecular weight excluding hydrogens is 224 g/mol. The zero-order valence-electron chi connectivity index (χ0n) is 10.4. The van der Waals surface area contributed by atoms with Gasteiger partial charge in [0.15, 0.2) is 0 Å². The first-order valence-electron chi connectivity index (χ1n) is 6.58. The van der Waals surface area contributed by atoms with Crippen LogP contribution in [0.4, 0.5) is 0 Å². The Balaban J connectivity index is 1.74. The molecule has 18 heavy (non-hydrogen) atoms. The van der Waals surface area contributed by atoms with Gasteiger partial charge in [0, 0.05) is 23.7 Å². The minimum atomic E-state index is 0.311. The molecule has 0 bridgehead atoms. The second kappa shape index (κ2) is 4.94. The van der Waals surface area contributed by atoms with Crippen molar-refractivity contribution in [3.63, 3.8) is 0 Å². The molecule has 1 aliphatic carbocycles. The van der Waals surface area contributed by atoms with E-state index in [2.05, 4.69) is 17.1 Å². The second-order valence-corrected chi connectivity index (χ2v) is 5.01. The fraction of sp³-hybridized carbons (Fsp3) is 0.400. The van der Waals surface area contributed by atoms with Gasteiger partial charge >= 0.3 is 0 Å². The minimum Gasteiger partial charge on any atom is -0.490 e. The number of benzene rings is 1. The monoisotopic (exact) mass is 242 g/mol. The van der Waals surface area contributed by atoms with Crippen LogP contribution in [0.25, 0.3) is 10.9 Å². The lowest BCUT2D eigenvalue weighted by Gasteiger charge is -2.26. The number of fused-ring (bicyclic) bond motifs is 1. The van der Waals surface area contributed by atoms with Gasteiger partial charge in [-0.25, -0.2) is 0 Å². The molecule has 1 aliphatic rings. The van der Waals surface area contributed by atoms with Crippen molar-refractivity contribution in [2.45, 2.75) is 37.8 Å². The smallest absolute Gasteiger partial charge is 0.121 e. The predicted molar refractivity (Wildman–Crippen MR) is 72.6 cm³/mol. The van der Waals surface area contributed by atoms with E-state index in [1.54, 1.807) is 0 Å². The highest BCUT2D eigenvalue weighted by molar-refractivity contribution is 5.79. The van der Waals surface area contributed by atoms with Gasteiger partial charge in [0.1, 0.15) is 5.75 Å². The van der Waals surface area contributed by atoms with E-state index in [0.717, 1.165) is 42.3 Å². The molecule has 0 aliphatic heterocycles. The lowest BCUT2D eigenvalue weighted by molar-refractivity contribution is 0.147. The summed E-state index contributed by atoms with van der Waals surface area (Å²) in [5, 5.41) is 1.15. The maximum absolute atomic E-state index is 6.02. The van der Waals surface area contributed by atoms with E-state index in [0.29, 0.717) is 12.1 Å². The molecular formula is C15H18N2O. The standard InChI is InChI=1S/C15H18N2O/c16-12-4-7-13(8-5-12)18-14-6-3-11-2-1-9-17-15(11)10-14/h1-3,6,9-10,12-13H,4-5,7-8,16H2. The van der Waals surface area contributed by atoms with E-state index in [4.69, 9.17) is 10.5 Å². The molecule has 1 saturated carbocycles. The Kier molecular flexibility index (Phi) is 3.15. The number of nitrogens with two attached hydrogens (primary N) is 1. The summed E-state index contributed by atoms with van der Waals surface area (Å²) in [7, 11) is 0. The summed E-state index contributed by atoms with van der Waals surface area (Å²) in [5.41, 5.74) is 6.89. The molecule has 1 heterocycles. The number of hydrogen-bond acceptors (Lipinski definition) is 3. The van der Waals surface area contributed by atoms with Gasteiger partial charge in [-0.1, -0.05) is 6.07 Å². The van der Waals surface area contributed by atoms with Crippen molar-refractivity contribution < 1.29 is 4.74 Å². The molecule has 2 aromatic rings. The molecule has 3 heteroatoms. The van der Waals surface area contributed by atoms with Gasteiger partial charge in [-0.15, -0.1) is 0 Å². The molecule has 1 aromatic heterocycles. The average Bonchev–Trinajstić information content (AvgIpc) is 2.41. The Morgan fingerprint density at radius 2 is 1.94 bits per heavy atom. The molecule has 94 valence electrons. The minimum absolute atomic E-state index is 0.311. The van der Waals surface area contributed by atoms with Crippen molar-refractivity contribution in [3.05, 3.63) is 36.5 Å². The Hall–Kier alpha value is -1.61. The summed E-state index contributed by atoms with van der Waals surface area (Å²) in [6, 6.07) is 10.5. The summed E-state index contributed by atoms with van der Waals surface area (Å²) in [6.07, 6.45) is 6.37. The van der Waals surface area contributed by atoms with Crippen molar-refractivity contribution in [1.82, 2.24) is 4.98 Å². The zero-order chi connectivity index (χ0) is 12.4. The zero-order valence-corrected chi connectivity index (χ0v) is 10.4. The Bertz CT molecular complexity index is 533. The maximum Gasteiger partial charge on any atom is 0.121 e. The lowest BCUT2D eigenvalue weighted by Crippen LogP contribution is -2.31. The topological polar surface area (TPSA) is 48.1 Å². The molecule has 1 aromatic carbocycles. The van der Waals surface area contributed by atoms with Crippen molar-refractivity contribution in [2.75, 3.05) is 0 Å². The van der Waals surface area contributed by atoms with Crippen LogP contribution in [0.1, 0.15) is 25.7 Å².